The molecule has 1 amide bonds. The summed E-state index contributed by atoms with van der Waals surface area (Å²) < 4.78 is 0. The van der Waals surface area contributed by atoms with Crippen LogP contribution in [0.15, 0.2) is 30.3 Å². The normalized spacial score (nSPS) is 12.4. The van der Waals surface area contributed by atoms with E-state index in [-0.39, 0.29) is 18.0 Å². The van der Waals surface area contributed by atoms with Gasteiger partial charge >= 0.3 is 0 Å². The number of nitrogens with two attached hydrogens (primary N) is 1. The lowest BCUT2D eigenvalue weighted by molar-refractivity contribution is -0.133. The van der Waals surface area contributed by atoms with E-state index >= 15 is 0 Å². The summed E-state index contributed by atoms with van der Waals surface area (Å²) in [6.07, 6.45) is 4.68. The molecule has 0 saturated heterocycles. The molecule has 0 fully saturated rings. The highest BCUT2D eigenvalue weighted by Crippen LogP contribution is 2.17. The fourth-order valence-corrected chi connectivity index (χ4v) is 2.49. The maximum Gasteiger partial charge on any atom is 0.222 e. The van der Waals surface area contributed by atoms with Crippen molar-refractivity contribution < 1.29 is 4.79 Å². The highest BCUT2D eigenvalue weighted by Gasteiger charge is 2.17. The maximum absolute atomic E-state index is 12.4. The van der Waals surface area contributed by atoms with Crippen LogP contribution in [0.5, 0.6) is 0 Å². The number of hydrogen-bond acceptors (Lipinski definition) is 2. The van der Waals surface area contributed by atoms with Crippen LogP contribution in [0.3, 0.4) is 0 Å². The van der Waals surface area contributed by atoms with Crippen molar-refractivity contribution in [1.29, 1.82) is 0 Å². The number of carbonyl (C=O) groups is 1. The fraction of sp³-hybridized carbons (Fsp3) is 0.611. The maximum atomic E-state index is 12.4. The minimum atomic E-state index is -0.0557. The Morgan fingerprint density at radius 2 is 1.86 bits per heavy atom. The Morgan fingerprint density at radius 1 is 1.19 bits per heavy atom. The van der Waals surface area contributed by atoms with Crippen molar-refractivity contribution >= 4 is 5.91 Å². The lowest BCUT2D eigenvalue weighted by atomic mass is 10.0. The molecule has 3 nitrogen and oxygen atoms in total. The summed E-state index contributed by atoms with van der Waals surface area (Å²) in [5.41, 5.74) is 7.27. The number of unbranched alkanes of at least 4 members (excludes halogenated alkanes) is 2. The third kappa shape index (κ3) is 6.30. The molecule has 0 aromatic heterocycles. The lowest BCUT2D eigenvalue weighted by Crippen LogP contribution is -2.38. The van der Waals surface area contributed by atoms with E-state index in [1.807, 2.05) is 35.2 Å². The van der Waals surface area contributed by atoms with Gasteiger partial charge < -0.3 is 10.6 Å². The molecule has 2 N–H and O–H groups in total. The molecule has 118 valence electrons. The zero-order valence-electron chi connectivity index (χ0n) is 13.7. The van der Waals surface area contributed by atoms with Crippen LogP contribution in [0.25, 0.3) is 0 Å². The first-order chi connectivity index (χ1) is 10.1. The Balaban J connectivity index is 2.46. The molecule has 0 saturated carbocycles. The van der Waals surface area contributed by atoms with Crippen LogP contribution in [0.1, 0.15) is 64.5 Å². The minimum Gasteiger partial charge on any atom is -0.340 e. The number of amides is 1. The van der Waals surface area contributed by atoms with E-state index < -0.39 is 0 Å². The van der Waals surface area contributed by atoms with Crippen molar-refractivity contribution in [3.63, 3.8) is 0 Å². The van der Waals surface area contributed by atoms with Crippen LogP contribution in [0.4, 0.5) is 0 Å². The molecule has 0 aliphatic heterocycles. The Labute approximate surface area is 129 Å². The molecule has 1 aromatic carbocycles. The van der Waals surface area contributed by atoms with Gasteiger partial charge in [-0.15, -0.1) is 0 Å². The van der Waals surface area contributed by atoms with Crippen LogP contribution in [0.2, 0.25) is 0 Å². The van der Waals surface area contributed by atoms with E-state index in [0.29, 0.717) is 12.8 Å². The molecule has 1 atom stereocenters. The van der Waals surface area contributed by atoms with Gasteiger partial charge in [0.1, 0.15) is 0 Å². The second kappa shape index (κ2) is 9.56. The number of carbonyl (C=O) groups excluding carboxylic acids is 1. The molecule has 0 spiro atoms. The summed E-state index contributed by atoms with van der Waals surface area (Å²) in [7, 11) is 0. The first-order valence-corrected chi connectivity index (χ1v) is 8.16. The average molecular weight is 290 g/mol. The topological polar surface area (TPSA) is 46.3 Å². The third-order valence-corrected chi connectivity index (χ3v) is 3.84. The van der Waals surface area contributed by atoms with Gasteiger partial charge in [-0.25, -0.2) is 0 Å². The molecule has 3 heteroatoms. The first kappa shape index (κ1) is 17.7. The fourth-order valence-electron chi connectivity index (χ4n) is 2.49. The van der Waals surface area contributed by atoms with E-state index in [1.54, 1.807) is 0 Å². The molecule has 21 heavy (non-hydrogen) atoms. The molecule has 0 heterocycles. The lowest BCUT2D eigenvalue weighted by Gasteiger charge is -2.27. The number of nitrogens with zero attached hydrogens (tertiary/aromatic N) is 1. The van der Waals surface area contributed by atoms with E-state index in [0.717, 1.165) is 18.5 Å². The highest BCUT2D eigenvalue weighted by molar-refractivity contribution is 5.76. The predicted molar refractivity (Wildman–Crippen MR) is 89.0 cm³/mol. The van der Waals surface area contributed by atoms with Crippen molar-refractivity contribution in [2.45, 2.75) is 65.0 Å². The van der Waals surface area contributed by atoms with E-state index in [9.17, 15) is 4.79 Å². The Morgan fingerprint density at radius 3 is 2.43 bits per heavy atom. The van der Waals surface area contributed by atoms with Crippen LogP contribution in [-0.2, 0) is 4.79 Å². The van der Waals surface area contributed by atoms with Crippen molar-refractivity contribution in [3.8, 4) is 0 Å². The Bertz CT molecular complexity index is 403. The molecule has 0 aliphatic rings. The largest absolute Gasteiger partial charge is 0.340 e. The standard InChI is InChI=1S/C18H30N2O/c1-4-5-9-14-20(15(2)3)18(21)13-12-17(19)16-10-7-6-8-11-16/h6-8,10-11,15,17H,4-5,9,12-14,19H2,1-3H3. The van der Waals surface area contributed by atoms with Crippen LogP contribution >= 0.6 is 0 Å². The van der Waals surface area contributed by atoms with Crippen molar-refractivity contribution in [2.24, 2.45) is 5.73 Å². The summed E-state index contributed by atoms with van der Waals surface area (Å²) in [5.74, 6) is 0.229. The van der Waals surface area contributed by atoms with Crippen molar-refractivity contribution in [2.75, 3.05) is 6.54 Å². The molecule has 0 bridgehead atoms. The zero-order chi connectivity index (χ0) is 15.7. The van der Waals surface area contributed by atoms with Gasteiger partial charge in [-0.3, -0.25) is 4.79 Å². The summed E-state index contributed by atoms with van der Waals surface area (Å²) in [4.78, 5) is 14.4. The number of benzene rings is 1. The van der Waals surface area contributed by atoms with E-state index in [1.165, 1.54) is 12.8 Å². The number of rotatable bonds is 9. The van der Waals surface area contributed by atoms with Gasteiger partial charge in [-0.1, -0.05) is 50.1 Å². The second-order valence-electron chi connectivity index (χ2n) is 5.94. The quantitative estimate of drug-likeness (QED) is 0.701. The summed E-state index contributed by atoms with van der Waals surface area (Å²) in [6.45, 7) is 7.22. The molecular weight excluding hydrogens is 260 g/mol. The number of hydrogen-bond donors (Lipinski definition) is 1. The van der Waals surface area contributed by atoms with Crippen LogP contribution < -0.4 is 5.73 Å². The molecule has 1 rings (SSSR count). The van der Waals surface area contributed by atoms with Gasteiger partial charge in [0, 0.05) is 25.0 Å². The first-order valence-electron chi connectivity index (χ1n) is 8.16. The zero-order valence-corrected chi connectivity index (χ0v) is 13.7. The van der Waals surface area contributed by atoms with Gasteiger partial charge in [0.25, 0.3) is 0 Å². The molecule has 1 aromatic rings. The molecule has 0 radical (unpaired) electrons. The van der Waals surface area contributed by atoms with Gasteiger partial charge in [-0.05, 0) is 32.3 Å². The van der Waals surface area contributed by atoms with Gasteiger partial charge in [0.2, 0.25) is 5.91 Å². The summed E-state index contributed by atoms with van der Waals surface area (Å²) in [5, 5.41) is 0. The summed E-state index contributed by atoms with van der Waals surface area (Å²) in [6, 6.07) is 10.2. The highest BCUT2D eigenvalue weighted by atomic mass is 16.2. The summed E-state index contributed by atoms with van der Waals surface area (Å²) >= 11 is 0. The van der Waals surface area contributed by atoms with Crippen LogP contribution in [0, 0.1) is 0 Å². The molecule has 1 unspecified atom stereocenters. The smallest absolute Gasteiger partial charge is 0.222 e. The molecule has 0 aliphatic carbocycles. The minimum absolute atomic E-state index is 0.0557. The van der Waals surface area contributed by atoms with Gasteiger partial charge in [0.15, 0.2) is 0 Å². The Kier molecular flexibility index (Phi) is 8.06. The van der Waals surface area contributed by atoms with E-state index in [2.05, 4.69) is 20.8 Å². The second-order valence-corrected chi connectivity index (χ2v) is 5.94. The van der Waals surface area contributed by atoms with Crippen LogP contribution in [-0.4, -0.2) is 23.4 Å². The predicted octanol–water partition coefficient (Wildman–Crippen LogP) is 3.89. The SMILES string of the molecule is CCCCCN(C(=O)CCC(N)c1ccccc1)C(C)C. The monoisotopic (exact) mass is 290 g/mol. The molecular formula is C18H30N2O. The van der Waals surface area contributed by atoms with E-state index in [4.69, 9.17) is 5.73 Å². The van der Waals surface area contributed by atoms with Crippen molar-refractivity contribution in [1.82, 2.24) is 4.90 Å². The average Bonchev–Trinajstić information content (AvgIpc) is 2.49. The van der Waals surface area contributed by atoms with Crippen molar-refractivity contribution in [3.05, 3.63) is 35.9 Å². The Hall–Kier alpha value is -1.35. The van der Waals surface area contributed by atoms with Gasteiger partial charge in [-0.2, -0.15) is 0 Å². The third-order valence-electron chi connectivity index (χ3n) is 3.84. The van der Waals surface area contributed by atoms with Gasteiger partial charge in [0.05, 0.1) is 0 Å².